The van der Waals surface area contributed by atoms with E-state index in [9.17, 15) is 14.4 Å². The molecule has 0 aromatic heterocycles. The van der Waals surface area contributed by atoms with Gasteiger partial charge in [0.05, 0.1) is 12.5 Å². The van der Waals surface area contributed by atoms with Crippen LogP contribution in [0.25, 0.3) is 0 Å². The minimum Gasteiger partial charge on any atom is -0.469 e. The van der Waals surface area contributed by atoms with Gasteiger partial charge in [-0.15, -0.1) is 11.8 Å². The Morgan fingerprint density at radius 2 is 2.20 bits per heavy atom. The fourth-order valence-electron chi connectivity index (χ4n) is 2.76. The monoisotopic (exact) mass is 300 g/mol. The van der Waals surface area contributed by atoms with Gasteiger partial charge in [-0.2, -0.15) is 0 Å². The molecule has 0 spiro atoms. The molecule has 2 aliphatic rings. The average molecular weight is 300 g/mol. The van der Waals surface area contributed by atoms with Crippen molar-refractivity contribution in [2.45, 2.75) is 38.1 Å². The molecule has 7 heteroatoms. The summed E-state index contributed by atoms with van der Waals surface area (Å²) in [6.07, 6.45) is 1.59. The van der Waals surface area contributed by atoms with E-state index >= 15 is 0 Å². The predicted octanol–water partition coefficient (Wildman–Crippen LogP) is 0.366. The highest BCUT2D eigenvalue weighted by molar-refractivity contribution is 8.00. The number of fused-ring (bicyclic) bond motifs is 1. The molecule has 0 saturated carbocycles. The number of nitrogens with zero attached hydrogens (tertiary/aromatic N) is 1. The first-order valence-corrected chi connectivity index (χ1v) is 7.71. The zero-order valence-corrected chi connectivity index (χ0v) is 12.8. The first-order chi connectivity index (χ1) is 9.39. The van der Waals surface area contributed by atoms with Gasteiger partial charge in [0, 0.05) is 13.5 Å². The maximum atomic E-state index is 12.1. The highest BCUT2D eigenvalue weighted by atomic mass is 32.2. The van der Waals surface area contributed by atoms with Crippen LogP contribution >= 0.6 is 11.8 Å². The molecule has 20 heavy (non-hydrogen) atoms. The summed E-state index contributed by atoms with van der Waals surface area (Å²) in [5.74, 6) is 0.256. The molecule has 0 aromatic rings. The van der Waals surface area contributed by atoms with E-state index in [1.54, 1.807) is 16.7 Å². The molecule has 2 fully saturated rings. The number of hydrogen-bond acceptors (Lipinski definition) is 5. The molecule has 3 atom stereocenters. The van der Waals surface area contributed by atoms with E-state index in [-0.39, 0.29) is 23.2 Å². The number of β-lactam (4-membered cyclic amide) rings is 1. The van der Waals surface area contributed by atoms with E-state index in [1.165, 1.54) is 14.0 Å². The van der Waals surface area contributed by atoms with Crippen LogP contribution in [0.3, 0.4) is 0 Å². The normalized spacial score (nSPS) is 33.4. The van der Waals surface area contributed by atoms with E-state index in [4.69, 9.17) is 4.74 Å². The van der Waals surface area contributed by atoms with Gasteiger partial charge in [0.25, 0.3) is 0 Å². The second-order valence-electron chi connectivity index (χ2n) is 5.56. The molecule has 2 aliphatic heterocycles. The molecule has 2 saturated heterocycles. The van der Waals surface area contributed by atoms with Crippen molar-refractivity contribution in [3.05, 3.63) is 0 Å². The van der Waals surface area contributed by atoms with Crippen molar-refractivity contribution < 1.29 is 19.1 Å². The molecule has 0 aliphatic carbocycles. The summed E-state index contributed by atoms with van der Waals surface area (Å²) in [6.45, 7) is 3.60. The standard InChI is InChI=1S/C13H20N2O4S/c1-8(16)14-9-10(17)15-7-13(2,12(18)19-3)5-4-6-20-11(9)15/h9,11H,4-7H2,1-3H3,(H,14,16). The molecule has 3 unspecified atom stereocenters. The van der Waals surface area contributed by atoms with Gasteiger partial charge >= 0.3 is 5.97 Å². The van der Waals surface area contributed by atoms with E-state index in [1.807, 2.05) is 6.92 Å². The molecule has 6 nitrogen and oxygen atoms in total. The molecule has 2 amide bonds. The lowest BCUT2D eigenvalue weighted by molar-refractivity contribution is -0.160. The number of carbonyl (C=O) groups excluding carboxylic acids is 3. The van der Waals surface area contributed by atoms with Gasteiger partial charge in [-0.1, -0.05) is 0 Å². The van der Waals surface area contributed by atoms with Gasteiger partial charge in [-0.25, -0.2) is 0 Å². The van der Waals surface area contributed by atoms with Crippen LogP contribution in [0.2, 0.25) is 0 Å². The fraction of sp³-hybridized carbons (Fsp3) is 0.769. The topological polar surface area (TPSA) is 75.7 Å². The Morgan fingerprint density at radius 1 is 1.50 bits per heavy atom. The number of esters is 1. The Bertz CT molecular complexity index is 442. The molecular formula is C13H20N2O4S. The molecule has 1 N–H and O–H groups in total. The maximum absolute atomic E-state index is 12.1. The lowest BCUT2D eigenvalue weighted by Gasteiger charge is -2.50. The molecule has 0 aromatic carbocycles. The number of nitrogens with one attached hydrogen (secondary N) is 1. The van der Waals surface area contributed by atoms with E-state index in [0.29, 0.717) is 13.0 Å². The first kappa shape index (κ1) is 15.2. The first-order valence-electron chi connectivity index (χ1n) is 6.66. The van der Waals surface area contributed by atoms with Crippen LogP contribution < -0.4 is 5.32 Å². The highest BCUT2D eigenvalue weighted by Crippen LogP contribution is 2.39. The number of thioether (sulfide) groups is 1. The highest BCUT2D eigenvalue weighted by Gasteiger charge is 2.52. The molecular weight excluding hydrogens is 280 g/mol. The van der Waals surface area contributed by atoms with Crippen molar-refractivity contribution in [3.63, 3.8) is 0 Å². The van der Waals surface area contributed by atoms with Crippen LogP contribution in [0.4, 0.5) is 0 Å². The van der Waals surface area contributed by atoms with Crippen LogP contribution in [-0.2, 0) is 19.1 Å². The van der Waals surface area contributed by atoms with Gasteiger partial charge in [0.1, 0.15) is 11.4 Å². The van der Waals surface area contributed by atoms with Gasteiger partial charge in [-0.3, -0.25) is 14.4 Å². The Balaban J connectivity index is 2.13. The predicted molar refractivity (Wildman–Crippen MR) is 74.9 cm³/mol. The van der Waals surface area contributed by atoms with Crippen LogP contribution in [0, 0.1) is 5.41 Å². The summed E-state index contributed by atoms with van der Waals surface area (Å²) in [5, 5.41) is 2.61. The van der Waals surface area contributed by atoms with Gasteiger partial charge < -0.3 is 15.0 Å². The van der Waals surface area contributed by atoms with Gasteiger partial charge in [0.15, 0.2) is 0 Å². The summed E-state index contributed by atoms with van der Waals surface area (Å²) in [7, 11) is 1.37. The quantitative estimate of drug-likeness (QED) is 0.589. The van der Waals surface area contributed by atoms with E-state index in [2.05, 4.69) is 5.32 Å². The zero-order chi connectivity index (χ0) is 14.9. The number of amides is 2. The van der Waals surface area contributed by atoms with Crippen LogP contribution in [-0.4, -0.2) is 53.5 Å². The molecule has 2 rings (SSSR count). The zero-order valence-electron chi connectivity index (χ0n) is 12.0. The smallest absolute Gasteiger partial charge is 0.313 e. The second-order valence-corrected chi connectivity index (χ2v) is 6.79. The third-order valence-electron chi connectivity index (χ3n) is 3.86. The number of ether oxygens (including phenoxy) is 1. The Hall–Kier alpha value is -1.24. The van der Waals surface area contributed by atoms with Crippen molar-refractivity contribution in [1.82, 2.24) is 10.2 Å². The van der Waals surface area contributed by atoms with Crippen LogP contribution in [0.15, 0.2) is 0 Å². The Labute approximate surface area is 122 Å². The number of carbonyl (C=O) groups is 3. The molecule has 2 heterocycles. The van der Waals surface area contributed by atoms with Crippen molar-refractivity contribution in [3.8, 4) is 0 Å². The van der Waals surface area contributed by atoms with E-state index in [0.717, 1.165) is 12.2 Å². The number of rotatable bonds is 2. The van der Waals surface area contributed by atoms with E-state index < -0.39 is 11.5 Å². The minimum absolute atomic E-state index is 0.0734. The van der Waals surface area contributed by atoms with Crippen molar-refractivity contribution >= 4 is 29.5 Å². The number of hydrogen-bond donors (Lipinski definition) is 1. The summed E-state index contributed by atoms with van der Waals surface area (Å²) in [4.78, 5) is 36.9. The largest absolute Gasteiger partial charge is 0.469 e. The summed E-state index contributed by atoms with van der Waals surface area (Å²) in [5.41, 5.74) is -0.662. The minimum atomic E-state index is -0.662. The SMILES string of the molecule is COC(=O)C1(C)CCCSC2C(NC(C)=O)C(=O)N2C1. The Kier molecular flexibility index (Phi) is 4.27. The molecule has 112 valence electrons. The number of methoxy groups -OCH3 is 1. The van der Waals surface area contributed by atoms with Crippen molar-refractivity contribution in [1.29, 1.82) is 0 Å². The lowest BCUT2D eigenvalue weighted by atomic mass is 9.83. The molecule has 0 radical (unpaired) electrons. The Morgan fingerprint density at radius 3 is 2.80 bits per heavy atom. The average Bonchev–Trinajstić information content (AvgIpc) is 2.40. The van der Waals surface area contributed by atoms with Crippen LogP contribution in [0.5, 0.6) is 0 Å². The van der Waals surface area contributed by atoms with Gasteiger partial charge in [0.2, 0.25) is 11.8 Å². The van der Waals surface area contributed by atoms with Crippen LogP contribution in [0.1, 0.15) is 26.7 Å². The lowest BCUT2D eigenvalue weighted by Crippen LogP contribution is -2.71. The third-order valence-corrected chi connectivity index (χ3v) is 5.25. The maximum Gasteiger partial charge on any atom is 0.313 e. The summed E-state index contributed by atoms with van der Waals surface area (Å²) in [6, 6.07) is -0.461. The summed E-state index contributed by atoms with van der Waals surface area (Å²) < 4.78 is 4.87. The van der Waals surface area contributed by atoms with Crippen molar-refractivity contribution in [2.24, 2.45) is 5.41 Å². The van der Waals surface area contributed by atoms with Gasteiger partial charge in [-0.05, 0) is 25.5 Å². The van der Waals surface area contributed by atoms with Crippen molar-refractivity contribution in [2.75, 3.05) is 19.4 Å². The molecule has 0 bridgehead atoms. The summed E-state index contributed by atoms with van der Waals surface area (Å²) >= 11 is 1.66. The second kappa shape index (κ2) is 5.63. The fourth-order valence-corrected chi connectivity index (χ4v) is 4.05. The third kappa shape index (κ3) is 2.63.